The number of aromatic hydroxyl groups is 1. The van der Waals surface area contributed by atoms with E-state index in [0.717, 1.165) is 5.56 Å². The fourth-order valence-corrected chi connectivity index (χ4v) is 2.58. The zero-order valence-corrected chi connectivity index (χ0v) is 12.3. The lowest BCUT2D eigenvalue weighted by atomic mass is 9.99. The molecule has 5 heteroatoms. The van der Waals surface area contributed by atoms with Crippen LogP contribution in [0.5, 0.6) is 5.75 Å². The van der Waals surface area contributed by atoms with E-state index in [2.05, 4.69) is 0 Å². The molecule has 0 unspecified atom stereocenters. The second kappa shape index (κ2) is 5.59. The molecule has 0 atom stereocenters. The van der Waals surface area contributed by atoms with Crippen LogP contribution >= 0.6 is 0 Å². The minimum absolute atomic E-state index is 0.0774. The van der Waals surface area contributed by atoms with Crippen molar-refractivity contribution in [2.75, 3.05) is 0 Å². The quantitative estimate of drug-likeness (QED) is 0.759. The monoisotopic (exact) mass is 307 g/mol. The maximum atomic E-state index is 12.8. The minimum atomic E-state index is -0.284. The summed E-state index contributed by atoms with van der Waals surface area (Å²) in [5.74, 6) is -0.145. The number of rotatable bonds is 2. The molecule has 0 fully saturated rings. The van der Waals surface area contributed by atoms with Gasteiger partial charge >= 0.3 is 0 Å². The maximum Gasteiger partial charge on any atom is 0.200 e. The van der Waals surface area contributed by atoms with Crippen molar-refractivity contribution in [2.45, 2.75) is 13.5 Å². The number of fused-ring (bicyclic) bond motifs is 1. The van der Waals surface area contributed by atoms with Crippen LogP contribution in [0.2, 0.25) is 0 Å². The standard InChI is InChI=1S/C18H13NO4/c1-10-2-5-16-17(13(10)8-20)18(22)14(9-23-16)11-3-4-15(21)12(6-11)7-19/h2-6,9,20-21H,8H2,1H3. The van der Waals surface area contributed by atoms with Crippen LogP contribution in [0, 0.1) is 18.3 Å². The first-order chi connectivity index (χ1) is 11.1. The largest absolute Gasteiger partial charge is 0.507 e. The van der Waals surface area contributed by atoms with Crippen molar-refractivity contribution < 1.29 is 14.6 Å². The Kier molecular flexibility index (Phi) is 3.61. The van der Waals surface area contributed by atoms with E-state index in [1.807, 2.05) is 13.0 Å². The molecule has 0 aliphatic rings. The van der Waals surface area contributed by atoms with Crippen molar-refractivity contribution in [3.05, 3.63) is 63.5 Å². The van der Waals surface area contributed by atoms with E-state index < -0.39 is 0 Å². The van der Waals surface area contributed by atoms with Gasteiger partial charge in [-0.3, -0.25) is 4.79 Å². The Morgan fingerprint density at radius 2 is 2.04 bits per heavy atom. The molecular formula is C18H13NO4. The van der Waals surface area contributed by atoms with Crippen LogP contribution in [-0.2, 0) is 6.61 Å². The van der Waals surface area contributed by atoms with Gasteiger partial charge in [-0.15, -0.1) is 0 Å². The SMILES string of the molecule is Cc1ccc2occ(-c3ccc(O)c(C#N)c3)c(=O)c2c1CO. The molecule has 1 heterocycles. The fourth-order valence-electron chi connectivity index (χ4n) is 2.58. The zero-order chi connectivity index (χ0) is 16.6. The van der Waals surface area contributed by atoms with E-state index in [-0.39, 0.29) is 28.9 Å². The molecule has 0 saturated carbocycles. The number of nitriles is 1. The summed E-state index contributed by atoms with van der Waals surface area (Å²) in [5.41, 5.74) is 2.26. The molecule has 0 radical (unpaired) electrons. The highest BCUT2D eigenvalue weighted by atomic mass is 16.3. The lowest BCUT2D eigenvalue weighted by molar-refractivity contribution is 0.282. The van der Waals surface area contributed by atoms with Gasteiger partial charge in [0.05, 0.1) is 23.1 Å². The average Bonchev–Trinajstić information content (AvgIpc) is 2.56. The summed E-state index contributed by atoms with van der Waals surface area (Å²) in [6.07, 6.45) is 1.33. The number of phenols is 1. The number of nitrogens with zero attached hydrogens (tertiary/aromatic N) is 1. The Hall–Kier alpha value is -3.10. The molecule has 0 amide bonds. The summed E-state index contributed by atoms with van der Waals surface area (Å²) in [5, 5.41) is 28.5. The van der Waals surface area contributed by atoms with Crippen LogP contribution in [0.1, 0.15) is 16.7 Å². The van der Waals surface area contributed by atoms with Gasteiger partial charge in [0.25, 0.3) is 0 Å². The zero-order valence-electron chi connectivity index (χ0n) is 12.3. The Morgan fingerprint density at radius 3 is 2.74 bits per heavy atom. The summed E-state index contributed by atoms with van der Waals surface area (Å²) in [6, 6.07) is 9.68. The van der Waals surface area contributed by atoms with Gasteiger partial charge in [-0.25, -0.2) is 0 Å². The van der Waals surface area contributed by atoms with Crippen molar-refractivity contribution in [2.24, 2.45) is 0 Å². The van der Waals surface area contributed by atoms with E-state index in [9.17, 15) is 15.0 Å². The smallest absolute Gasteiger partial charge is 0.200 e. The first-order valence-corrected chi connectivity index (χ1v) is 6.95. The number of aliphatic hydroxyl groups is 1. The molecule has 2 aromatic carbocycles. The molecule has 0 bridgehead atoms. The number of hydrogen-bond acceptors (Lipinski definition) is 5. The van der Waals surface area contributed by atoms with Crippen molar-refractivity contribution >= 4 is 11.0 Å². The van der Waals surface area contributed by atoms with Crippen molar-refractivity contribution in [3.8, 4) is 22.9 Å². The van der Waals surface area contributed by atoms with Gasteiger partial charge in [0.1, 0.15) is 23.7 Å². The van der Waals surface area contributed by atoms with Gasteiger partial charge in [-0.05, 0) is 41.8 Å². The van der Waals surface area contributed by atoms with Crippen molar-refractivity contribution in [1.29, 1.82) is 5.26 Å². The van der Waals surface area contributed by atoms with E-state index >= 15 is 0 Å². The van der Waals surface area contributed by atoms with Gasteiger partial charge < -0.3 is 14.6 Å². The Bertz CT molecular complexity index is 1010. The Labute approximate surface area is 131 Å². The predicted molar refractivity (Wildman–Crippen MR) is 85.0 cm³/mol. The van der Waals surface area contributed by atoms with Crippen LogP contribution in [0.15, 0.2) is 45.8 Å². The molecule has 2 N–H and O–H groups in total. The van der Waals surface area contributed by atoms with Crippen LogP contribution in [0.4, 0.5) is 0 Å². The van der Waals surface area contributed by atoms with E-state index in [0.29, 0.717) is 22.1 Å². The highest BCUT2D eigenvalue weighted by Crippen LogP contribution is 2.27. The van der Waals surface area contributed by atoms with Crippen LogP contribution < -0.4 is 5.43 Å². The van der Waals surface area contributed by atoms with Gasteiger partial charge in [0.15, 0.2) is 0 Å². The fraction of sp³-hybridized carbons (Fsp3) is 0.111. The first kappa shape index (κ1) is 14.8. The number of hydrogen-bond donors (Lipinski definition) is 2. The molecule has 0 spiro atoms. The second-order valence-electron chi connectivity index (χ2n) is 5.21. The van der Waals surface area contributed by atoms with E-state index in [1.165, 1.54) is 18.4 Å². The highest BCUT2D eigenvalue weighted by Gasteiger charge is 2.15. The summed E-state index contributed by atoms with van der Waals surface area (Å²) >= 11 is 0. The molecular weight excluding hydrogens is 294 g/mol. The summed E-state index contributed by atoms with van der Waals surface area (Å²) in [4.78, 5) is 12.8. The van der Waals surface area contributed by atoms with Crippen LogP contribution in [-0.4, -0.2) is 10.2 Å². The number of aryl methyl sites for hydroxylation is 1. The lowest BCUT2D eigenvalue weighted by Crippen LogP contribution is -2.08. The molecule has 1 aromatic heterocycles. The van der Waals surface area contributed by atoms with Gasteiger partial charge in [-0.2, -0.15) is 5.26 Å². The maximum absolute atomic E-state index is 12.8. The van der Waals surface area contributed by atoms with Gasteiger partial charge in [-0.1, -0.05) is 12.1 Å². The average molecular weight is 307 g/mol. The third-order valence-electron chi connectivity index (χ3n) is 3.87. The number of phenolic OH excluding ortho intramolecular Hbond substituents is 1. The molecule has 3 aromatic rings. The molecule has 0 saturated heterocycles. The Morgan fingerprint density at radius 1 is 1.26 bits per heavy atom. The second-order valence-corrected chi connectivity index (χ2v) is 5.21. The molecule has 3 rings (SSSR count). The number of aliphatic hydroxyl groups excluding tert-OH is 1. The lowest BCUT2D eigenvalue weighted by Gasteiger charge is -2.09. The van der Waals surface area contributed by atoms with Crippen molar-refractivity contribution in [1.82, 2.24) is 0 Å². The molecule has 5 nitrogen and oxygen atoms in total. The van der Waals surface area contributed by atoms with Gasteiger partial charge in [0.2, 0.25) is 5.43 Å². The normalized spacial score (nSPS) is 10.7. The van der Waals surface area contributed by atoms with Crippen LogP contribution in [0.25, 0.3) is 22.1 Å². The third kappa shape index (κ3) is 2.35. The molecule has 114 valence electrons. The van der Waals surface area contributed by atoms with Crippen molar-refractivity contribution in [3.63, 3.8) is 0 Å². The van der Waals surface area contributed by atoms with Crippen LogP contribution in [0.3, 0.4) is 0 Å². The van der Waals surface area contributed by atoms with Gasteiger partial charge in [0, 0.05) is 0 Å². The number of benzene rings is 2. The third-order valence-corrected chi connectivity index (χ3v) is 3.87. The molecule has 0 aliphatic carbocycles. The topological polar surface area (TPSA) is 94.5 Å². The highest BCUT2D eigenvalue weighted by molar-refractivity contribution is 5.85. The van der Waals surface area contributed by atoms with E-state index in [1.54, 1.807) is 18.2 Å². The summed E-state index contributed by atoms with van der Waals surface area (Å²) in [7, 11) is 0. The first-order valence-electron chi connectivity index (χ1n) is 6.95. The summed E-state index contributed by atoms with van der Waals surface area (Å²) < 4.78 is 5.52. The predicted octanol–water partition coefficient (Wildman–Crippen LogP) is 2.84. The molecule has 23 heavy (non-hydrogen) atoms. The molecule has 0 aliphatic heterocycles. The van der Waals surface area contributed by atoms with E-state index in [4.69, 9.17) is 9.68 Å². The summed E-state index contributed by atoms with van der Waals surface area (Å²) in [6.45, 7) is 1.54. The minimum Gasteiger partial charge on any atom is -0.507 e. The Balaban J connectivity index is 2.34.